The number of ketones is 1. The molecule has 4 nitrogen and oxygen atoms in total. The monoisotopic (exact) mass is 372 g/mol. The molecule has 0 N–H and O–H groups in total. The van der Waals surface area contributed by atoms with Crippen LogP contribution in [0.4, 0.5) is 0 Å². The van der Waals surface area contributed by atoms with Gasteiger partial charge < -0.3 is 9.47 Å². The van der Waals surface area contributed by atoms with Crippen molar-refractivity contribution in [2.24, 2.45) is 0 Å². The fourth-order valence-electron chi connectivity index (χ4n) is 3.48. The molecule has 0 aliphatic heterocycles. The van der Waals surface area contributed by atoms with Crippen molar-refractivity contribution in [1.82, 2.24) is 0 Å². The summed E-state index contributed by atoms with van der Waals surface area (Å²) in [6.45, 7) is 6.32. The van der Waals surface area contributed by atoms with E-state index in [1.54, 1.807) is 19.1 Å². The highest BCUT2D eigenvalue weighted by atomic mass is 35.5. The molecule has 26 heavy (non-hydrogen) atoms. The van der Waals surface area contributed by atoms with E-state index in [4.69, 9.17) is 21.1 Å². The summed E-state index contributed by atoms with van der Waals surface area (Å²) in [6, 6.07) is 9.07. The van der Waals surface area contributed by atoms with Gasteiger partial charge in [0, 0.05) is 22.6 Å². The van der Waals surface area contributed by atoms with E-state index in [2.05, 4.69) is 0 Å². The lowest BCUT2D eigenvalue weighted by atomic mass is 9.75. The summed E-state index contributed by atoms with van der Waals surface area (Å²) in [5, 5.41) is 0.434. The van der Waals surface area contributed by atoms with Gasteiger partial charge in [0.1, 0.15) is 5.75 Å². The number of carbonyl (C=O) groups is 2. The van der Waals surface area contributed by atoms with Crippen molar-refractivity contribution in [1.29, 1.82) is 0 Å². The van der Waals surface area contributed by atoms with Crippen LogP contribution in [0, 0.1) is 6.92 Å². The Kier molecular flexibility index (Phi) is 5.33. The highest BCUT2D eigenvalue weighted by molar-refractivity contribution is 6.32. The van der Waals surface area contributed by atoms with E-state index in [0.29, 0.717) is 40.7 Å². The van der Waals surface area contributed by atoms with Crippen LogP contribution in [0.5, 0.6) is 5.75 Å². The van der Waals surface area contributed by atoms with Gasteiger partial charge in [-0.3, -0.25) is 9.59 Å². The Morgan fingerprint density at radius 1 is 1.12 bits per heavy atom. The van der Waals surface area contributed by atoms with E-state index >= 15 is 0 Å². The van der Waals surface area contributed by atoms with Gasteiger partial charge in [-0.1, -0.05) is 35.4 Å². The highest BCUT2D eigenvalue weighted by Gasteiger charge is 2.36. The predicted molar refractivity (Wildman–Crippen MR) is 100 cm³/mol. The third-order valence-corrected chi connectivity index (χ3v) is 4.83. The van der Waals surface area contributed by atoms with Crippen LogP contribution in [-0.4, -0.2) is 25.0 Å². The third-order valence-electron chi connectivity index (χ3n) is 4.53. The van der Waals surface area contributed by atoms with Gasteiger partial charge in [0.05, 0.1) is 24.7 Å². The van der Waals surface area contributed by atoms with Crippen LogP contribution in [0.2, 0.25) is 5.02 Å². The number of aryl methyl sites for hydroxylation is 1. The molecule has 1 aliphatic rings. The summed E-state index contributed by atoms with van der Waals surface area (Å²) < 4.78 is 10.9. The smallest absolute Gasteiger partial charge is 0.306 e. The molecular weight excluding hydrogens is 352 g/mol. The first kappa shape index (κ1) is 18.5. The lowest BCUT2D eigenvalue weighted by Gasteiger charge is -2.29. The zero-order chi connectivity index (χ0) is 18.8. The molecule has 136 valence electrons. The minimum Gasteiger partial charge on any atom is -0.492 e. The first-order valence-corrected chi connectivity index (χ1v) is 9.11. The maximum Gasteiger partial charge on any atom is 0.306 e. The molecule has 0 saturated heterocycles. The molecule has 0 saturated carbocycles. The summed E-state index contributed by atoms with van der Waals surface area (Å²) >= 11 is 6.36. The highest BCUT2D eigenvalue weighted by Crippen LogP contribution is 2.46. The first-order chi connectivity index (χ1) is 12.5. The van der Waals surface area contributed by atoms with Gasteiger partial charge in [-0.25, -0.2) is 0 Å². The number of carbonyl (C=O) groups excluding carboxylic acids is 2. The number of benzene rings is 2. The lowest BCUT2D eigenvalue weighted by Crippen LogP contribution is -2.23. The normalized spacial score (nSPS) is 15.2. The van der Waals surface area contributed by atoms with E-state index in [-0.39, 0.29) is 24.1 Å². The van der Waals surface area contributed by atoms with Gasteiger partial charge in [0.25, 0.3) is 0 Å². The lowest BCUT2D eigenvalue weighted by molar-refractivity contribution is -0.143. The fourth-order valence-corrected chi connectivity index (χ4v) is 3.70. The Labute approximate surface area is 158 Å². The number of ether oxygens (including phenoxy) is 2. The number of hydrogen-bond acceptors (Lipinski definition) is 4. The number of rotatable bonds is 5. The quantitative estimate of drug-likeness (QED) is 0.715. The van der Waals surface area contributed by atoms with Crippen molar-refractivity contribution in [3.63, 3.8) is 0 Å². The molecule has 1 aliphatic carbocycles. The van der Waals surface area contributed by atoms with E-state index in [1.165, 1.54) is 0 Å². The minimum absolute atomic E-state index is 0.0762. The average Bonchev–Trinajstić information content (AvgIpc) is 2.60. The van der Waals surface area contributed by atoms with Gasteiger partial charge in [0.15, 0.2) is 5.78 Å². The number of esters is 1. The number of hydrogen-bond donors (Lipinski definition) is 0. The summed E-state index contributed by atoms with van der Waals surface area (Å²) in [6.07, 6.45) is 0.130. The Hall–Kier alpha value is -2.33. The Balaban J connectivity index is 2.23. The molecule has 0 amide bonds. The Morgan fingerprint density at radius 2 is 1.85 bits per heavy atom. The van der Waals surface area contributed by atoms with Crippen LogP contribution < -0.4 is 4.74 Å². The Morgan fingerprint density at radius 3 is 2.54 bits per heavy atom. The van der Waals surface area contributed by atoms with E-state index < -0.39 is 0 Å². The van der Waals surface area contributed by atoms with Gasteiger partial charge in [-0.15, -0.1) is 0 Å². The third kappa shape index (κ3) is 3.21. The van der Waals surface area contributed by atoms with Gasteiger partial charge in [-0.2, -0.15) is 0 Å². The molecule has 3 rings (SSSR count). The SMILES string of the molecule is CCOC(=O)CC1c2cc(C)ccc2C(=O)c2ccc(Cl)c(OCC)c21. The van der Waals surface area contributed by atoms with Crippen molar-refractivity contribution in [3.8, 4) is 5.75 Å². The molecule has 0 aromatic heterocycles. The number of halogens is 1. The zero-order valence-electron chi connectivity index (χ0n) is 15.1. The number of fused-ring (bicyclic) bond motifs is 2. The molecule has 0 fully saturated rings. The van der Waals surface area contributed by atoms with Crippen LogP contribution in [-0.2, 0) is 9.53 Å². The molecule has 5 heteroatoms. The second-order valence-electron chi connectivity index (χ2n) is 6.25. The van der Waals surface area contributed by atoms with Crippen molar-refractivity contribution in [3.05, 3.63) is 63.2 Å². The molecule has 2 aromatic carbocycles. The second kappa shape index (κ2) is 7.50. The zero-order valence-corrected chi connectivity index (χ0v) is 15.9. The molecule has 0 radical (unpaired) electrons. The van der Waals surface area contributed by atoms with Gasteiger partial charge in [0.2, 0.25) is 0 Å². The van der Waals surface area contributed by atoms with E-state index in [0.717, 1.165) is 11.1 Å². The summed E-state index contributed by atoms with van der Waals surface area (Å²) in [4.78, 5) is 25.3. The first-order valence-electron chi connectivity index (χ1n) is 8.73. The van der Waals surface area contributed by atoms with Crippen molar-refractivity contribution in [2.45, 2.75) is 33.1 Å². The molecule has 2 aromatic rings. The molecule has 0 heterocycles. The van der Waals surface area contributed by atoms with Gasteiger partial charge >= 0.3 is 5.97 Å². The topological polar surface area (TPSA) is 52.6 Å². The predicted octanol–water partition coefficient (Wildman–Crippen LogP) is 4.68. The minimum atomic E-state index is -0.336. The van der Waals surface area contributed by atoms with Crippen LogP contribution in [0.15, 0.2) is 30.3 Å². The maximum atomic E-state index is 13.0. The van der Waals surface area contributed by atoms with Crippen LogP contribution >= 0.6 is 11.6 Å². The largest absolute Gasteiger partial charge is 0.492 e. The van der Waals surface area contributed by atoms with E-state index in [1.807, 2.05) is 32.0 Å². The maximum absolute atomic E-state index is 13.0. The Bertz CT molecular complexity index is 873. The van der Waals surface area contributed by atoms with Crippen LogP contribution in [0.1, 0.15) is 58.8 Å². The standard InChI is InChI=1S/C21H21ClO4/c1-4-25-18(23)11-16-15-10-12(3)6-7-13(15)20(24)14-8-9-17(22)21(19(14)16)26-5-2/h6-10,16H,4-5,11H2,1-3H3. The molecule has 1 unspecified atom stereocenters. The average molecular weight is 373 g/mol. The van der Waals surface area contributed by atoms with E-state index in [9.17, 15) is 9.59 Å². The van der Waals surface area contributed by atoms with Crippen molar-refractivity contribution >= 4 is 23.4 Å². The van der Waals surface area contributed by atoms with Crippen molar-refractivity contribution in [2.75, 3.05) is 13.2 Å². The summed E-state index contributed by atoms with van der Waals surface area (Å²) in [5.74, 6) is -0.251. The van der Waals surface area contributed by atoms with Crippen molar-refractivity contribution < 1.29 is 19.1 Å². The summed E-state index contributed by atoms with van der Waals surface area (Å²) in [5.41, 5.74) is 3.66. The van der Waals surface area contributed by atoms with Crippen LogP contribution in [0.3, 0.4) is 0 Å². The second-order valence-corrected chi connectivity index (χ2v) is 6.66. The molecule has 1 atom stereocenters. The molecule has 0 bridgehead atoms. The molecular formula is C21H21ClO4. The summed E-state index contributed by atoms with van der Waals surface area (Å²) in [7, 11) is 0. The fraction of sp³-hybridized carbons (Fsp3) is 0.333. The molecule has 0 spiro atoms. The van der Waals surface area contributed by atoms with Crippen LogP contribution in [0.25, 0.3) is 0 Å². The van der Waals surface area contributed by atoms with Gasteiger partial charge in [-0.05, 0) is 38.5 Å².